The molecule has 0 aliphatic rings. The van der Waals surface area contributed by atoms with Gasteiger partial charge in [-0.2, -0.15) is 5.10 Å². The maximum Gasteiger partial charge on any atom is 0.271 e. The molecule has 6 heteroatoms. The minimum atomic E-state index is -0.293. The maximum atomic E-state index is 12.4. The summed E-state index contributed by atoms with van der Waals surface area (Å²) in [4.78, 5) is 12.4. The molecule has 0 aliphatic carbocycles. The van der Waals surface area contributed by atoms with Gasteiger partial charge in [0.05, 0.1) is 6.21 Å². The number of ether oxygens (including phenoxy) is 1. The highest BCUT2D eigenvalue weighted by molar-refractivity contribution is 6.30. The van der Waals surface area contributed by atoms with Crippen molar-refractivity contribution in [2.24, 2.45) is 5.10 Å². The Kier molecular flexibility index (Phi) is 7.58. The summed E-state index contributed by atoms with van der Waals surface area (Å²) in [6, 6.07) is 30.3. The molecule has 1 amide bonds. The Morgan fingerprint density at radius 3 is 2.32 bits per heavy atom. The van der Waals surface area contributed by atoms with Crippen molar-refractivity contribution in [3.63, 3.8) is 0 Å². The molecule has 4 aromatic carbocycles. The number of para-hydroxylation sites is 1. The molecule has 0 aromatic heterocycles. The SMILES string of the molecule is Cc1ccccc1Nc1ccc(/C=N/NC(=O)c2ccc(OCc3ccc(Cl)cc3)cc2)cc1. The van der Waals surface area contributed by atoms with Crippen LogP contribution in [0, 0.1) is 6.92 Å². The van der Waals surface area contributed by atoms with Crippen LogP contribution in [-0.4, -0.2) is 12.1 Å². The van der Waals surface area contributed by atoms with Crippen LogP contribution >= 0.6 is 11.6 Å². The van der Waals surface area contributed by atoms with E-state index in [1.54, 1.807) is 30.5 Å². The molecule has 0 unspecified atom stereocenters. The number of hydrogen-bond acceptors (Lipinski definition) is 4. The predicted molar refractivity (Wildman–Crippen MR) is 138 cm³/mol. The highest BCUT2D eigenvalue weighted by atomic mass is 35.5. The van der Waals surface area contributed by atoms with Crippen molar-refractivity contribution >= 4 is 35.1 Å². The van der Waals surface area contributed by atoms with E-state index in [0.29, 0.717) is 22.9 Å². The summed E-state index contributed by atoms with van der Waals surface area (Å²) in [7, 11) is 0. The fourth-order valence-corrected chi connectivity index (χ4v) is 3.33. The number of amides is 1. The van der Waals surface area contributed by atoms with Crippen molar-refractivity contribution in [2.75, 3.05) is 5.32 Å². The number of hydrazone groups is 1. The van der Waals surface area contributed by atoms with Crippen molar-refractivity contribution < 1.29 is 9.53 Å². The Bertz CT molecular complexity index is 1270. The number of nitrogens with one attached hydrogen (secondary N) is 2. The lowest BCUT2D eigenvalue weighted by Gasteiger charge is -2.09. The first-order valence-electron chi connectivity index (χ1n) is 10.8. The van der Waals surface area contributed by atoms with Crippen molar-refractivity contribution in [1.82, 2.24) is 5.43 Å². The Balaban J connectivity index is 1.27. The molecule has 0 atom stereocenters. The zero-order valence-corrected chi connectivity index (χ0v) is 19.4. The molecule has 0 saturated heterocycles. The van der Waals surface area contributed by atoms with Gasteiger partial charge in [-0.15, -0.1) is 0 Å². The fraction of sp³-hybridized carbons (Fsp3) is 0.0714. The van der Waals surface area contributed by atoms with Crippen LogP contribution < -0.4 is 15.5 Å². The largest absolute Gasteiger partial charge is 0.489 e. The minimum absolute atomic E-state index is 0.293. The summed E-state index contributed by atoms with van der Waals surface area (Å²) >= 11 is 5.89. The van der Waals surface area contributed by atoms with Crippen LogP contribution in [-0.2, 0) is 6.61 Å². The van der Waals surface area contributed by atoms with Gasteiger partial charge in [0.1, 0.15) is 12.4 Å². The summed E-state index contributed by atoms with van der Waals surface area (Å²) in [6.07, 6.45) is 1.61. The number of aryl methyl sites for hydroxylation is 1. The highest BCUT2D eigenvalue weighted by Gasteiger charge is 2.05. The molecule has 0 heterocycles. The number of nitrogens with zero attached hydrogens (tertiary/aromatic N) is 1. The summed E-state index contributed by atoms with van der Waals surface area (Å²) in [5, 5.41) is 8.14. The van der Waals surface area contributed by atoms with Gasteiger partial charge in [0, 0.05) is 22.0 Å². The lowest BCUT2D eigenvalue weighted by atomic mass is 10.2. The second-order valence-corrected chi connectivity index (χ2v) is 8.14. The molecule has 4 aromatic rings. The number of carbonyl (C=O) groups excluding carboxylic acids is 1. The summed E-state index contributed by atoms with van der Waals surface area (Å²) in [6.45, 7) is 2.49. The first kappa shape index (κ1) is 23.1. The van der Waals surface area contributed by atoms with Crippen molar-refractivity contribution in [2.45, 2.75) is 13.5 Å². The third kappa shape index (κ3) is 6.47. The number of hydrogen-bond donors (Lipinski definition) is 2. The van der Waals surface area contributed by atoms with E-state index in [0.717, 1.165) is 22.5 Å². The monoisotopic (exact) mass is 469 g/mol. The molecule has 0 radical (unpaired) electrons. The zero-order valence-electron chi connectivity index (χ0n) is 18.7. The van der Waals surface area contributed by atoms with Crippen molar-refractivity contribution in [3.05, 3.63) is 124 Å². The van der Waals surface area contributed by atoms with Gasteiger partial charge in [-0.1, -0.05) is 54.1 Å². The van der Waals surface area contributed by atoms with Gasteiger partial charge in [-0.05, 0) is 78.2 Å². The Morgan fingerprint density at radius 2 is 1.62 bits per heavy atom. The van der Waals surface area contributed by atoms with Gasteiger partial charge >= 0.3 is 0 Å². The second kappa shape index (κ2) is 11.2. The molecule has 0 saturated carbocycles. The van der Waals surface area contributed by atoms with E-state index >= 15 is 0 Å². The fourth-order valence-electron chi connectivity index (χ4n) is 3.20. The van der Waals surface area contributed by atoms with Gasteiger partial charge in [0.25, 0.3) is 5.91 Å². The molecular weight excluding hydrogens is 446 g/mol. The predicted octanol–water partition coefficient (Wildman–Crippen LogP) is 6.73. The van der Waals surface area contributed by atoms with Gasteiger partial charge in [-0.25, -0.2) is 5.43 Å². The standard InChI is InChI=1S/C28H24ClN3O2/c1-20-4-2-3-5-27(20)31-25-14-8-21(9-15-25)18-30-32-28(33)23-10-16-26(17-11-23)34-19-22-6-12-24(29)13-7-22/h2-18,31H,19H2,1H3,(H,32,33)/b30-18+. The van der Waals surface area contributed by atoms with Crippen molar-refractivity contribution in [3.8, 4) is 5.75 Å². The van der Waals surface area contributed by atoms with Gasteiger partial charge in [0.15, 0.2) is 0 Å². The molecule has 170 valence electrons. The van der Waals surface area contributed by atoms with Crippen molar-refractivity contribution in [1.29, 1.82) is 0 Å². The molecule has 2 N–H and O–H groups in total. The van der Waals surface area contributed by atoms with Crippen LogP contribution in [0.25, 0.3) is 0 Å². The van der Waals surface area contributed by atoms with Crippen LogP contribution in [0.1, 0.15) is 27.0 Å². The van der Waals surface area contributed by atoms with E-state index in [1.807, 2.05) is 66.7 Å². The number of halogens is 1. The minimum Gasteiger partial charge on any atom is -0.489 e. The smallest absolute Gasteiger partial charge is 0.271 e. The third-order valence-corrected chi connectivity index (χ3v) is 5.40. The van der Waals surface area contributed by atoms with E-state index in [9.17, 15) is 4.79 Å². The summed E-state index contributed by atoms with van der Waals surface area (Å²) in [5.41, 5.74) is 8.16. The molecule has 0 bridgehead atoms. The number of rotatable bonds is 8. The molecule has 0 spiro atoms. The molecule has 4 rings (SSSR count). The normalized spacial score (nSPS) is 10.8. The summed E-state index contributed by atoms with van der Waals surface area (Å²) < 4.78 is 5.75. The lowest BCUT2D eigenvalue weighted by molar-refractivity contribution is 0.0955. The van der Waals surface area contributed by atoms with E-state index in [-0.39, 0.29) is 5.91 Å². The number of benzene rings is 4. The quantitative estimate of drug-likeness (QED) is 0.222. The van der Waals surface area contributed by atoms with E-state index in [2.05, 4.69) is 28.8 Å². The summed E-state index contributed by atoms with van der Waals surface area (Å²) in [5.74, 6) is 0.382. The van der Waals surface area contributed by atoms with Crippen LogP contribution in [0.3, 0.4) is 0 Å². The topological polar surface area (TPSA) is 62.7 Å². The first-order valence-corrected chi connectivity index (χ1v) is 11.2. The Labute approximate surface area is 204 Å². The van der Waals surface area contributed by atoms with Gasteiger partial charge in [0.2, 0.25) is 0 Å². The molecule has 0 aliphatic heterocycles. The molecule has 34 heavy (non-hydrogen) atoms. The average Bonchev–Trinajstić information content (AvgIpc) is 2.86. The third-order valence-electron chi connectivity index (χ3n) is 5.15. The van der Waals surface area contributed by atoms with E-state index < -0.39 is 0 Å². The first-order chi connectivity index (χ1) is 16.6. The molecular formula is C28H24ClN3O2. The van der Waals surface area contributed by atoms with E-state index in [4.69, 9.17) is 16.3 Å². The van der Waals surface area contributed by atoms with Crippen LogP contribution in [0.15, 0.2) is 102 Å². The molecule has 5 nitrogen and oxygen atoms in total. The Morgan fingerprint density at radius 1 is 0.912 bits per heavy atom. The molecule has 0 fully saturated rings. The van der Waals surface area contributed by atoms with Gasteiger partial charge in [-0.3, -0.25) is 4.79 Å². The van der Waals surface area contributed by atoms with Crippen LogP contribution in [0.4, 0.5) is 11.4 Å². The lowest BCUT2D eigenvalue weighted by Crippen LogP contribution is -2.17. The van der Waals surface area contributed by atoms with E-state index in [1.165, 1.54) is 5.56 Å². The second-order valence-electron chi connectivity index (χ2n) is 7.70. The average molecular weight is 470 g/mol. The maximum absolute atomic E-state index is 12.4. The number of anilines is 2. The zero-order chi connectivity index (χ0) is 23.8. The van der Waals surface area contributed by atoms with Crippen LogP contribution in [0.5, 0.6) is 5.75 Å². The highest BCUT2D eigenvalue weighted by Crippen LogP contribution is 2.20. The van der Waals surface area contributed by atoms with Crippen LogP contribution in [0.2, 0.25) is 5.02 Å². The van der Waals surface area contributed by atoms with Gasteiger partial charge < -0.3 is 10.1 Å². The number of carbonyl (C=O) groups is 1. The Hall–Kier alpha value is -4.09.